The zero-order valence-corrected chi connectivity index (χ0v) is 10.5. The number of halogens is 1. The molecule has 2 rings (SSSR count). The second kappa shape index (κ2) is 5.27. The first-order valence-electron chi connectivity index (χ1n) is 5.37. The van der Waals surface area contributed by atoms with E-state index >= 15 is 0 Å². The first-order valence-corrected chi connectivity index (χ1v) is 5.90. The number of carbonyl (C=O) groups is 2. The summed E-state index contributed by atoms with van der Waals surface area (Å²) < 4.78 is 10.1. The van der Waals surface area contributed by atoms with Gasteiger partial charge in [-0.1, -0.05) is 12.1 Å². The number of amides is 1. The van der Waals surface area contributed by atoms with Gasteiger partial charge >= 0.3 is 5.97 Å². The Labute approximate surface area is 109 Å². The molecule has 0 saturated carbocycles. The molecule has 1 aliphatic rings. The summed E-state index contributed by atoms with van der Waals surface area (Å²) in [6.45, 7) is 0.106. The minimum absolute atomic E-state index is 0.106. The Morgan fingerprint density at radius 2 is 2.22 bits per heavy atom. The second-order valence-corrected chi connectivity index (χ2v) is 4.00. The summed E-state index contributed by atoms with van der Waals surface area (Å²) in [7, 11) is 1.28. The lowest BCUT2D eigenvalue weighted by molar-refractivity contribution is -0.148. The summed E-state index contributed by atoms with van der Waals surface area (Å²) >= 11 is 5.56. The van der Waals surface area contributed by atoms with Gasteiger partial charge < -0.3 is 14.4 Å². The Hall–Kier alpha value is -1.75. The van der Waals surface area contributed by atoms with E-state index < -0.39 is 12.1 Å². The van der Waals surface area contributed by atoms with Crippen LogP contribution in [-0.4, -0.2) is 37.5 Å². The molecule has 0 N–H and O–H groups in total. The number of hydrogen-bond donors (Lipinski definition) is 0. The van der Waals surface area contributed by atoms with Crippen molar-refractivity contribution in [2.45, 2.75) is 6.10 Å². The zero-order chi connectivity index (χ0) is 13.1. The maximum Gasteiger partial charge on any atom is 0.348 e. The first kappa shape index (κ1) is 12.7. The van der Waals surface area contributed by atoms with E-state index in [1.165, 1.54) is 12.0 Å². The van der Waals surface area contributed by atoms with E-state index in [-0.39, 0.29) is 18.3 Å². The van der Waals surface area contributed by atoms with Crippen LogP contribution in [0.1, 0.15) is 0 Å². The fourth-order valence-electron chi connectivity index (χ4n) is 1.80. The third-order valence-corrected chi connectivity index (χ3v) is 2.88. The predicted octanol–water partition coefficient (Wildman–Crippen LogP) is 1.19. The summed E-state index contributed by atoms with van der Waals surface area (Å²) in [5.74, 6) is -0.474. The maximum atomic E-state index is 11.8. The van der Waals surface area contributed by atoms with Crippen LogP contribution in [0, 0.1) is 0 Å². The van der Waals surface area contributed by atoms with Crippen LogP contribution >= 0.6 is 11.6 Å². The molecule has 0 radical (unpaired) electrons. The van der Waals surface area contributed by atoms with Crippen LogP contribution in [0.3, 0.4) is 0 Å². The van der Waals surface area contributed by atoms with Gasteiger partial charge in [-0.2, -0.15) is 0 Å². The average molecular weight is 270 g/mol. The van der Waals surface area contributed by atoms with Crippen molar-refractivity contribution in [1.29, 1.82) is 0 Å². The van der Waals surface area contributed by atoms with Crippen molar-refractivity contribution in [3.05, 3.63) is 24.3 Å². The Kier molecular flexibility index (Phi) is 3.72. The highest BCUT2D eigenvalue weighted by atomic mass is 35.5. The normalized spacial score (nSPS) is 17.7. The van der Waals surface area contributed by atoms with Gasteiger partial charge in [0.15, 0.2) is 0 Å². The highest BCUT2D eigenvalue weighted by Crippen LogP contribution is 2.33. The molecule has 5 nitrogen and oxygen atoms in total. The molecule has 1 heterocycles. The van der Waals surface area contributed by atoms with Crippen molar-refractivity contribution < 1.29 is 19.1 Å². The van der Waals surface area contributed by atoms with Gasteiger partial charge in [0.1, 0.15) is 11.6 Å². The molecule has 0 fully saturated rings. The molecular formula is C12H12ClNO4. The maximum absolute atomic E-state index is 11.8. The Morgan fingerprint density at radius 3 is 2.89 bits per heavy atom. The number of anilines is 1. The zero-order valence-electron chi connectivity index (χ0n) is 9.76. The SMILES string of the molecule is COC(=O)[C@@H]1CN(C(=O)CCl)c2ccccc2O1. The van der Waals surface area contributed by atoms with Gasteiger partial charge in [0.05, 0.1) is 19.3 Å². The molecule has 0 aliphatic carbocycles. The van der Waals surface area contributed by atoms with Crippen molar-refractivity contribution in [3.8, 4) is 5.75 Å². The molecule has 0 saturated heterocycles. The molecule has 0 unspecified atom stereocenters. The lowest BCUT2D eigenvalue weighted by atomic mass is 10.2. The summed E-state index contributed by atoms with van der Waals surface area (Å²) in [6.07, 6.45) is -0.822. The molecule has 18 heavy (non-hydrogen) atoms. The van der Waals surface area contributed by atoms with E-state index in [1.807, 2.05) is 0 Å². The highest BCUT2D eigenvalue weighted by Gasteiger charge is 2.33. The highest BCUT2D eigenvalue weighted by molar-refractivity contribution is 6.29. The second-order valence-electron chi connectivity index (χ2n) is 3.74. The Bertz CT molecular complexity index is 477. The number of fused-ring (bicyclic) bond motifs is 1. The number of para-hydroxylation sites is 2. The molecule has 1 aliphatic heterocycles. The van der Waals surface area contributed by atoms with E-state index in [1.54, 1.807) is 24.3 Å². The van der Waals surface area contributed by atoms with Gasteiger partial charge in [-0.05, 0) is 12.1 Å². The lowest BCUT2D eigenvalue weighted by Crippen LogP contribution is -2.47. The number of carbonyl (C=O) groups excluding carboxylic acids is 2. The number of methoxy groups -OCH3 is 1. The van der Waals surface area contributed by atoms with Crippen LogP contribution in [0.15, 0.2) is 24.3 Å². The van der Waals surface area contributed by atoms with Crippen LogP contribution in [0.5, 0.6) is 5.75 Å². The molecule has 0 bridgehead atoms. The van der Waals surface area contributed by atoms with Crippen LogP contribution in [0.4, 0.5) is 5.69 Å². The Morgan fingerprint density at radius 1 is 1.50 bits per heavy atom. The van der Waals surface area contributed by atoms with E-state index in [0.717, 1.165) is 0 Å². The van der Waals surface area contributed by atoms with Crippen LogP contribution in [-0.2, 0) is 14.3 Å². The smallest absolute Gasteiger partial charge is 0.348 e. The van der Waals surface area contributed by atoms with Gasteiger partial charge in [0.2, 0.25) is 12.0 Å². The molecule has 0 spiro atoms. The lowest BCUT2D eigenvalue weighted by Gasteiger charge is -2.33. The summed E-state index contributed by atoms with van der Waals surface area (Å²) in [5, 5.41) is 0. The molecule has 0 aromatic heterocycles. The summed E-state index contributed by atoms with van der Waals surface area (Å²) in [5.41, 5.74) is 0.614. The molecule has 1 amide bonds. The van der Waals surface area contributed by atoms with Crippen molar-refractivity contribution >= 4 is 29.2 Å². The van der Waals surface area contributed by atoms with Crippen LogP contribution in [0.25, 0.3) is 0 Å². The minimum atomic E-state index is -0.822. The minimum Gasteiger partial charge on any atom is -0.475 e. The predicted molar refractivity (Wildman–Crippen MR) is 65.9 cm³/mol. The van der Waals surface area contributed by atoms with Gasteiger partial charge in [-0.15, -0.1) is 11.6 Å². The third-order valence-electron chi connectivity index (χ3n) is 2.65. The van der Waals surface area contributed by atoms with Gasteiger partial charge in [0, 0.05) is 0 Å². The largest absolute Gasteiger partial charge is 0.475 e. The number of esters is 1. The van der Waals surface area contributed by atoms with Crippen molar-refractivity contribution in [2.24, 2.45) is 0 Å². The molecule has 1 aromatic carbocycles. The number of ether oxygens (including phenoxy) is 2. The Balaban J connectivity index is 2.35. The third kappa shape index (κ3) is 2.26. The fourth-order valence-corrected chi connectivity index (χ4v) is 1.94. The van der Waals surface area contributed by atoms with Gasteiger partial charge in [-0.25, -0.2) is 4.79 Å². The number of nitrogens with zero attached hydrogens (tertiary/aromatic N) is 1. The van der Waals surface area contributed by atoms with E-state index in [2.05, 4.69) is 4.74 Å². The quantitative estimate of drug-likeness (QED) is 0.598. The van der Waals surface area contributed by atoms with Gasteiger partial charge in [0.25, 0.3) is 0 Å². The van der Waals surface area contributed by atoms with Crippen molar-refractivity contribution in [3.63, 3.8) is 0 Å². The number of rotatable bonds is 2. The molecule has 6 heteroatoms. The number of alkyl halides is 1. The summed E-state index contributed by atoms with van der Waals surface area (Å²) in [4.78, 5) is 24.7. The molecular weight excluding hydrogens is 258 g/mol. The van der Waals surface area contributed by atoms with Crippen LogP contribution in [0.2, 0.25) is 0 Å². The number of benzene rings is 1. The van der Waals surface area contributed by atoms with E-state index in [4.69, 9.17) is 16.3 Å². The fraction of sp³-hybridized carbons (Fsp3) is 0.333. The monoisotopic (exact) mass is 269 g/mol. The molecule has 96 valence electrons. The average Bonchev–Trinajstić information content (AvgIpc) is 2.44. The van der Waals surface area contributed by atoms with E-state index in [9.17, 15) is 9.59 Å². The molecule has 1 aromatic rings. The number of hydrogen-bond acceptors (Lipinski definition) is 4. The van der Waals surface area contributed by atoms with Gasteiger partial charge in [-0.3, -0.25) is 4.79 Å². The summed E-state index contributed by atoms with van der Waals surface area (Å²) in [6, 6.07) is 6.99. The van der Waals surface area contributed by atoms with E-state index in [0.29, 0.717) is 11.4 Å². The first-order chi connectivity index (χ1) is 8.67. The topological polar surface area (TPSA) is 55.8 Å². The van der Waals surface area contributed by atoms with Crippen LogP contribution < -0.4 is 9.64 Å². The van der Waals surface area contributed by atoms with Crippen molar-refractivity contribution in [2.75, 3.05) is 24.4 Å². The molecule has 1 atom stereocenters. The standard InChI is InChI=1S/C12H12ClNO4/c1-17-12(16)10-7-14(11(15)6-13)8-4-2-3-5-9(8)18-10/h2-5,10H,6-7H2,1H3/t10-/m0/s1. The van der Waals surface area contributed by atoms with Crippen molar-refractivity contribution in [1.82, 2.24) is 0 Å².